The van der Waals surface area contributed by atoms with E-state index in [0.29, 0.717) is 32.8 Å². The van der Waals surface area contributed by atoms with Gasteiger partial charge in [0.15, 0.2) is 0 Å². The summed E-state index contributed by atoms with van der Waals surface area (Å²) in [6, 6.07) is 0. The van der Waals surface area contributed by atoms with Crippen molar-refractivity contribution in [3.05, 3.63) is 0 Å². The molecule has 3 aliphatic rings. The zero-order chi connectivity index (χ0) is 14.1. The molecular formula is C13H25N3O3S. The SMILES string of the molecule is O=S(=O)(N1CCOCC1)N1CCNCC12CCCCC2. The van der Waals surface area contributed by atoms with Crippen LogP contribution in [-0.2, 0) is 14.9 Å². The number of ether oxygens (including phenoxy) is 1. The fourth-order valence-electron chi connectivity index (χ4n) is 3.74. The van der Waals surface area contributed by atoms with Gasteiger partial charge in [0.25, 0.3) is 10.2 Å². The molecule has 1 aliphatic carbocycles. The molecule has 0 aromatic heterocycles. The summed E-state index contributed by atoms with van der Waals surface area (Å²) in [6.45, 7) is 4.16. The molecule has 2 heterocycles. The zero-order valence-electron chi connectivity index (χ0n) is 12.0. The number of hydrogen-bond acceptors (Lipinski definition) is 4. The number of rotatable bonds is 2. The van der Waals surface area contributed by atoms with E-state index in [2.05, 4.69) is 5.32 Å². The Morgan fingerprint density at radius 2 is 1.70 bits per heavy atom. The minimum atomic E-state index is -3.35. The maximum atomic E-state index is 13.0. The van der Waals surface area contributed by atoms with E-state index in [1.54, 1.807) is 8.61 Å². The predicted octanol–water partition coefficient (Wildman–Crippen LogP) is 0.172. The summed E-state index contributed by atoms with van der Waals surface area (Å²) in [5.74, 6) is 0. The molecule has 0 radical (unpaired) electrons. The highest BCUT2D eigenvalue weighted by Gasteiger charge is 2.47. The van der Waals surface area contributed by atoms with E-state index < -0.39 is 10.2 Å². The number of piperazine rings is 1. The van der Waals surface area contributed by atoms with Crippen LogP contribution < -0.4 is 5.32 Å². The number of nitrogens with zero attached hydrogens (tertiary/aromatic N) is 2. The van der Waals surface area contributed by atoms with Gasteiger partial charge in [-0.2, -0.15) is 17.0 Å². The van der Waals surface area contributed by atoms with Gasteiger partial charge in [0.2, 0.25) is 0 Å². The van der Waals surface area contributed by atoms with Crippen molar-refractivity contribution in [1.82, 2.24) is 13.9 Å². The topological polar surface area (TPSA) is 61.9 Å². The summed E-state index contributed by atoms with van der Waals surface area (Å²) >= 11 is 0. The van der Waals surface area contributed by atoms with Gasteiger partial charge in [-0.15, -0.1) is 0 Å². The Bertz CT molecular complexity index is 420. The first kappa shape index (κ1) is 14.7. The second-order valence-electron chi connectivity index (χ2n) is 6.05. The lowest BCUT2D eigenvalue weighted by Gasteiger charge is -2.50. The van der Waals surface area contributed by atoms with Crippen molar-refractivity contribution in [3.8, 4) is 0 Å². The Labute approximate surface area is 121 Å². The highest BCUT2D eigenvalue weighted by Crippen LogP contribution is 2.37. The lowest BCUT2D eigenvalue weighted by Crippen LogP contribution is -2.66. The Balaban J connectivity index is 1.84. The minimum Gasteiger partial charge on any atom is -0.379 e. The molecule has 1 spiro atoms. The van der Waals surface area contributed by atoms with Gasteiger partial charge in [-0.25, -0.2) is 0 Å². The van der Waals surface area contributed by atoms with Gasteiger partial charge in [0, 0.05) is 38.3 Å². The van der Waals surface area contributed by atoms with E-state index in [-0.39, 0.29) is 5.54 Å². The van der Waals surface area contributed by atoms with Gasteiger partial charge in [-0.1, -0.05) is 19.3 Å². The van der Waals surface area contributed by atoms with E-state index in [0.717, 1.165) is 38.8 Å². The monoisotopic (exact) mass is 303 g/mol. The van der Waals surface area contributed by atoms with Crippen molar-refractivity contribution in [2.45, 2.75) is 37.6 Å². The van der Waals surface area contributed by atoms with Gasteiger partial charge in [-0.3, -0.25) is 0 Å². The molecule has 0 aromatic carbocycles. The molecule has 0 unspecified atom stereocenters. The summed E-state index contributed by atoms with van der Waals surface area (Å²) in [4.78, 5) is 0. The average molecular weight is 303 g/mol. The van der Waals surface area contributed by atoms with Crippen LogP contribution in [0.5, 0.6) is 0 Å². The van der Waals surface area contributed by atoms with Crippen LogP contribution in [0.25, 0.3) is 0 Å². The summed E-state index contributed by atoms with van der Waals surface area (Å²) in [5, 5.41) is 3.40. The van der Waals surface area contributed by atoms with Gasteiger partial charge in [0.1, 0.15) is 0 Å². The summed E-state index contributed by atoms with van der Waals surface area (Å²) in [5.41, 5.74) is -0.187. The summed E-state index contributed by atoms with van der Waals surface area (Å²) < 4.78 is 34.7. The van der Waals surface area contributed by atoms with Crippen molar-refractivity contribution in [2.24, 2.45) is 0 Å². The van der Waals surface area contributed by atoms with Gasteiger partial charge < -0.3 is 10.1 Å². The molecule has 3 rings (SSSR count). The van der Waals surface area contributed by atoms with Crippen LogP contribution >= 0.6 is 0 Å². The Morgan fingerprint density at radius 1 is 1.00 bits per heavy atom. The lowest BCUT2D eigenvalue weighted by atomic mass is 9.80. The van der Waals surface area contributed by atoms with Crippen LogP contribution in [-0.4, -0.2) is 68.5 Å². The molecule has 3 fully saturated rings. The average Bonchev–Trinajstić information content (AvgIpc) is 2.49. The smallest absolute Gasteiger partial charge is 0.282 e. The van der Waals surface area contributed by atoms with Gasteiger partial charge >= 0.3 is 0 Å². The molecule has 0 atom stereocenters. The Hall–Kier alpha value is -0.210. The van der Waals surface area contributed by atoms with Gasteiger partial charge in [0.05, 0.1) is 13.2 Å². The third kappa shape index (κ3) is 2.62. The number of morpholine rings is 1. The van der Waals surface area contributed by atoms with Crippen molar-refractivity contribution in [3.63, 3.8) is 0 Å². The third-order valence-electron chi connectivity index (χ3n) is 4.83. The van der Waals surface area contributed by atoms with E-state index in [4.69, 9.17) is 4.74 Å². The molecule has 1 N–H and O–H groups in total. The van der Waals surface area contributed by atoms with Crippen LogP contribution in [0, 0.1) is 0 Å². The number of nitrogens with one attached hydrogen (secondary N) is 1. The normalized spacial score (nSPS) is 29.6. The molecular weight excluding hydrogens is 278 g/mol. The second kappa shape index (κ2) is 5.88. The van der Waals surface area contributed by atoms with Crippen molar-refractivity contribution in [2.75, 3.05) is 45.9 Å². The first-order chi connectivity index (χ1) is 9.65. The minimum absolute atomic E-state index is 0.187. The van der Waals surface area contributed by atoms with Crippen LogP contribution in [0.15, 0.2) is 0 Å². The highest BCUT2D eigenvalue weighted by molar-refractivity contribution is 7.86. The van der Waals surface area contributed by atoms with Crippen molar-refractivity contribution < 1.29 is 13.2 Å². The molecule has 0 aromatic rings. The molecule has 0 bridgehead atoms. The van der Waals surface area contributed by atoms with Crippen molar-refractivity contribution in [1.29, 1.82) is 0 Å². The first-order valence-corrected chi connectivity index (χ1v) is 9.11. The molecule has 7 heteroatoms. The van der Waals surface area contributed by atoms with Crippen LogP contribution in [0.2, 0.25) is 0 Å². The molecule has 2 aliphatic heterocycles. The zero-order valence-corrected chi connectivity index (χ0v) is 12.8. The van der Waals surface area contributed by atoms with E-state index in [1.165, 1.54) is 6.42 Å². The maximum Gasteiger partial charge on any atom is 0.282 e. The summed E-state index contributed by atoms with van der Waals surface area (Å²) in [6.07, 6.45) is 5.48. The molecule has 116 valence electrons. The molecule has 6 nitrogen and oxygen atoms in total. The third-order valence-corrected chi connectivity index (χ3v) is 6.98. The Morgan fingerprint density at radius 3 is 2.40 bits per heavy atom. The Kier molecular flexibility index (Phi) is 4.33. The maximum absolute atomic E-state index is 13.0. The highest BCUT2D eigenvalue weighted by atomic mass is 32.2. The standard InChI is InChI=1S/C13H25N3O3S/c17-20(18,15-8-10-19-11-9-15)16-7-6-14-12-13(16)4-2-1-3-5-13/h14H,1-12H2. The van der Waals surface area contributed by atoms with Crippen LogP contribution in [0.4, 0.5) is 0 Å². The molecule has 0 amide bonds. The second-order valence-corrected chi connectivity index (χ2v) is 7.91. The fourth-order valence-corrected chi connectivity index (χ4v) is 5.69. The predicted molar refractivity (Wildman–Crippen MR) is 76.7 cm³/mol. The van der Waals surface area contributed by atoms with E-state index in [9.17, 15) is 8.42 Å². The van der Waals surface area contributed by atoms with E-state index in [1.807, 2.05) is 0 Å². The quantitative estimate of drug-likeness (QED) is 0.790. The van der Waals surface area contributed by atoms with Crippen molar-refractivity contribution >= 4 is 10.2 Å². The fraction of sp³-hybridized carbons (Fsp3) is 1.00. The lowest BCUT2D eigenvalue weighted by molar-refractivity contribution is 0.0566. The number of hydrogen-bond donors (Lipinski definition) is 1. The first-order valence-electron chi connectivity index (χ1n) is 7.72. The molecule has 20 heavy (non-hydrogen) atoms. The van der Waals surface area contributed by atoms with Crippen LogP contribution in [0.3, 0.4) is 0 Å². The summed E-state index contributed by atoms with van der Waals surface area (Å²) in [7, 11) is -3.35. The molecule has 1 saturated carbocycles. The van der Waals surface area contributed by atoms with E-state index >= 15 is 0 Å². The molecule has 2 saturated heterocycles. The van der Waals surface area contributed by atoms with Crippen LogP contribution in [0.1, 0.15) is 32.1 Å². The van der Waals surface area contributed by atoms with Gasteiger partial charge in [-0.05, 0) is 12.8 Å². The largest absolute Gasteiger partial charge is 0.379 e.